The zero-order valence-corrected chi connectivity index (χ0v) is 19.5. The van der Waals surface area contributed by atoms with Gasteiger partial charge < -0.3 is 14.3 Å². The summed E-state index contributed by atoms with van der Waals surface area (Å²) in [7, 11) is 0. The Balaban J connectivity index is 1.41. The molecule has 1 N–H and O–H groups in total. The fourth-order valence-corrected chi connectivity index (χ4v) is 3.78. The highest BCUT2D eigenvalue weighted by atomic mass is 16.5. The highest BCUT2D eigenvalue weighted by Crippen LogP contribution is 2.29. The molecule has 0 saturated heterocycles. The first-order chi connectivity index (χ1) is 16.4. The molecule has 0 spiro atoms. The second-order valence-electron chi connectivity index (χ2n) is 8.31. The molecule has 174 valence electrons. The second kappa shape index (κ2) is 10.3. The van der Waals surface area contributed by atoms with Gasteiger partial charge in [-0.05, 0) is 61.7 Å². The Morgan fingerprint density at radius 2 is 1.76 bits per heavy atom. The monoisotopic (exact) mass is 457 g/mol. The molecule has 34 heavy (non-hydrogen) atoms. The van der Waals surface area contributed by atoms with E-state index in [-0.39, 0.29) is 12.3 Å². The molecule has 4 aromatic rings. The minimum Gasteiger partial charge on any atom is -0.493 e. The predicted molar refractivity (Wildman–Crippen MR) is 129 cm³/mol. The lowest BCUT2D eigenvalue weighted by Gasteiger charge is -2.13. The van der Waals surface area contributed by atoms with Gasteiger partial charge in [0.05, 0.1) is 18.2 Å². The summed E-state index contributed by atoms with van der Waals surface area (Å²) in [6.45, 7) is 6.39. The highest BCUT2D eigenvalue weighted by molar-refractivity contribution is 5.67. The van der Waals surface area contributed by atoms with E-state index in [0.717, 1.165) is 39.5 Å². The van der Waals surface area contributed by atoms with Crippen LogP contribution in [0.4, 0.5) is 0 Å². The molecule has 2 heterocycles. The number of hydrogen-bond donors (Lipinski definition) is 1. The van der Waals surface area contributed by atoms with Gasteiger partial charge in [0, 0.05) is 29.9 Å². The number of carboxylic acids is 1. The number of rotatable bonds is 9. The van der Waals surface area contributed by atoms with E-state index in [1.54, 1.807) is 18.5 Å². The first kappa shape index (κ1) is 23.2. The van der Waals surface area contributed by atoms with E-state index in [4.69, 9.17) is 14.3 Å². The van der Waals surface area contributed by atoms with Crippen LogP contribution in [0.15, 0.2) is 65.3 Å². The van der Waals surface area contributed by atoms with Crippen molar-refractivity contribution in [3.05, 3.63) is 83.5 Å². The second-order valence-corrected chi connectivity index (χ2v) is 8.31. The Labute approximate surface area is 198 Å². The normalized spacial score (nSPS) is 11.9. The Morgan fingerprint density at radius 3 is 2.44 bits per heavy atom. The molecule has 7 nitrogen and oxygen atoms in total. The number of aryl methyl sites for hydroxylation is 3. The summed E-state index contributed by atoms with van der Waals surface area (Å²) < 4.78 is 12.1. The molecule has 0 saturated carbocycles. The van der Waals surface area contributed by atoms with Crippen molar-refractivity contribution < 1.29 is 19.1 Å². The third kappa shape index (κ3) is 5.49. The summed E-state index contributed by atoms with van der Waals surface area (Å²) >= 11 is 0. The van der Waals surface area contributed by atoms with E-state index in [0.29, 0.717) is 24.7 Å². The molecular weight excluding hydrogens is 430 g/mol. The molecule has 2 aromatic heterocycles. The van der Waals surface area contributed by atoms with E-state index in [1.807, 2.05) is 63.2 Å². The number of carboxylic acid groups (broad SMARTS) is 1. The molecule has 0 fully saturated rings. The number of aliphatic carboxylic acids is 1. The summed E-state index contributed by atoms with van der Waals surface area (Å²) in [6.07, 6.45) is 4.07. The van der Waals surface area contributed by atoms with Crippen LogP contribution in [-0.4, -0.2) is 32.6 Å². The summed E-state index contributed by atoms with van der Waals surface area (Å²) in [5.41, 5.74) is 4.69. The predicted octanol–water partition coefficient (Wildman–Crippen LogP) is 5.62. The molecule has 0 aliphatic heterocycles. The standard InChI is InChI=1S/C27H27N3O4/c1-17-15-23(11-9-20(17)10-12-24(31)32)33-16-18(2)25-19(3)30-27(34-25)22-7-5-21(6-8-22)26-28-13-4-14-29-26/h4-9,11,13-15,18H,10,12,16H2,1-3H3,(H,31,32). The maximum Gasteiger partial charge on any atom is 0.303 e. The van der Waals surface area contributed by atoms with Gasteiger partial charge >= 0.3 is 5.97 Å². The van der Waals surface area contributed by atoms with Gasteiger partial charge in [-0.15, -0.1) is 0 Å². The van der Waals surface area contributed by atoms with E-state index in [9.17, 15) is 4.79 Å². The molecule has 2 aromatic carbocycles. The van der Waals surface area contributed by atoms with E-state index in [1.165, 1.54) is 0 Å². The first-order valence-electron chi connectivity index (χ1n) is 11.2. The van der Waals surface area contributed by atoms with Crippen molar-refractivity contribution in [1.82, 2.24) is 15.0 Å². The fourth-order valence-electron chi connectivity index (χ4n) is 3.78. The van der Waals surface area contributed by atoms with Gasteiger partial charge in [0.1, 0.15) is 11.5 Å². The first-order valence-corrected chi connectivity index (χ1v) is 11.2. The average molecular weight is 458 g/mol. The molecule has 0 radical (unpaired) electrons. The smallest absolute Gasteiger partial charge is 0.303 e. The molecule has 7 heteroatoms. The molecule has 0 bridgehead atoms. The Morgan fingerprint density at radius 1 is 1.06 bits per heavy atom. The van der Waals surface area contributed by atoms with Crippen LogP contribution in [0.1, 0.15) is 41.8 Å². The van der Waals surface area contributed by atoms with E-state index >= 15 is 0 Å². The van der Waals surface area contributed by atoms with Crippen LogP contribution in [0.25, 0.3) is 22.8 Å². The van der Waals surface area contributed by atoms with Gasteiger partial charge in [-0.25, -0.2) is 15.0 Å². The van der Waals surface area contributed by atoms with Gasteiger partial charge in [0.25, 0.3) is 0 Å². The number of nitrogens with zero attached hydrogens (tertiary/aromatic N) is 3. The van der Waals surface area contributed by atoms with Crippen LogP contribution in [0.3, 0.4) is 0 Å². The lowest BCUT2D eigenvalue weighted by Crippen LogP contribution is -2.08. The molecule has 0 amide bonds. The topological polar surface area (TPSA) is 98.3 Å². The van der Waals surface area contributed by atoms with Crippen molar-refractivity contribution in [2.75, 3.05) is 6.61 Å². The van der Waals surface area contributed by atoms with Gasteiger partial charge in [-0.1, -0.05) is 25.1 Å². The molecule has 0 aliphatic rings. The number of oxazole rings is 1. The van der Waals surface area contributed by atoms with Gasteiger partial charge in [0.2, 0.25) is 5.89 Å². The summed E-state index contributed by atoms with van der Waals surface area (Å²) in [4.78, 5) is 24.0. The van der Waals surface area contributed by atoms with Crippen LogP contribution < -0.4 is 4.74 Å². The quantitative estimate of drug-likeness (QED) is 0.348. The van der Waals surface area contributed by atoms with Crippen molar-refractivity contribution in [2.45, 2.75) is 39.5 Å². The largest absolute Gasteiger partial charge is 0.493 e. The maximum atomic E-state index is 10.8. The van der Waals surface area contributed by atoms with Crippen LogP contribution in [0.2, 0.25) is 0 Å². The SMILES string of the molecule is Cc1cc(OCC(C)c2oc(-c3ccc(-c4ncccn4)cc3)nc2C)ccc1CCC(=O)O. The van der Waals surface area contributed by atoms with Gasteiger partial charge in [-0.3, -0.25) is 4.79 Å². The molecule has 1 atom stereocenters. The number of aromatic nitrogens is 3. The van der Waals surface area contributed by atoms with Crippen LogP contribution in [0.5, 0.6) is 5.75 Å². The van der Waals surface area contributed by atoms with Crippen molar-refractivity contribution in [3.63, 3.8) is 0 Å². The number of hydrogen-bond acceptors (Lipinski definition) is 6. The lowest BCUT2D eigenvalue weighted by molar-refractivity contribution is -0.136. The van der Waals surface area contributed by atoms with Crippen molar-refractivity contribution in [1.29, 1.82) is 0 Å². The van der Waals surface area contributed by atoms with E-state index < -0.39 is 5.97 Å². The fraction of sp³-hybridized carbons (Fsp3) is 0.259. The van der Waals surface area contributed by atoms with Gasteiger partial charge in [-0.2, -0.15) is 0 Å². The number of ether oxygens (including phenoxy) is 1. The zero-order chi connectivity index (χ0) is 24.1. The highest BCUT2D eigenvalue weighted by Gasteiger charge is 2.18. The number of carbonyl (C=O) groups is 1. The van der Waals surface area contributed by atoms with Crippen LogP contribution in [0, 0.1) is 13.8 Å². The Bertz CT molecular complexity index is 1270. The summed E-state index contributed by atoms with van der Waals surface area (Å²) in [5.74, 6) is 1.99. The minimum atomic E-state index is -0.795. The summed E-state index contributed by atoms with van der Waals surface area (Å²) in [6, 6.07) is 15.4. The lowest BCUT2D eigenvalue weighted by atomic mass is 10.0. The summed E-state index contributed by atoms with van der Waals surface area (Å²) in [5, 5.41) is 8.89. The third-order valence-corrected chi connectivity index (χ3v) is 5.66. The molecule has 0 aliphatic carbocycles. The Hall–Kier alpha value is -4.00. The van der Waals surface area contributed by atoms with Crippen LogP contribution in [-0.2, 0) is 11.2 Å². The maximum absolute atomic E-state index is 10.8. The molecular formula is C27H27N3O4. The van der Waals surface area contributed by atoms with Crippen molar-refractivity contribution >= 4 is 5.97 Å². The van der Waals surface area contributed by atoms with E-state index in [2.05, 4.69) is 15.0 Å². The average Bonchev–Trinajstić information content (AvgIpc) is 3.24. The third-order valence-electron chi connectivity index (χ3n) is 5.66. The van der Waals surface area contributed by atoms with Crippen LogP contribution >= 0.6 is 0 Å². The minimum absolute atomic E-state index is 0.00485. The zero-order valence-electron chi connectivity index (χ0n) is 19.5. The number of benzene rings is 2. The molecule has 4 rings (SSSR count). The van der Waals surface area contributed by atoms with Gasteiger partial charge in [0.15, 0.2) is 5.82 Å². The van der Waals surface area contributed by atoms with Crippen molar-refractivity contribution in [3.8, 4) is 28.6 Å². The Kier molecular flexibility index (Phi) is 7.01. The van der Waals surface area contributed by atoms with Crippen molar-refractivity contribution in [2.24, 2.45) is 0 Å². The molecule has 1 unspecified atom stereocenters.